The van der Waals surface area contributed by atoms with Gasteiger partial charge in [0.1, 0.15) is 0 Å². The van der Waals surface area contributed by atoms with Gasteiger partial charge in [0, 0.05) is 30.9 Å². The van der Waals surface area contributed by atoms with Crippen molar-refractivity contribution in [1.29, 1.82) is 0 Å². The number of nitrogens with zero attached hydrogens (tertiary/aromatic N) is 2. The van der Waals surface area contributed by atoms with Crippen molar-refractivity contribution in [1.82, 2.24) is 9.97 Å². The number of benzene rings is 1. The molecule has 4 fully saturated rings. The van der Waals surface area contributed by atoms with E-state index >= 15 is 0 Å². The SMILES string of the molecule is CC(C)(C)c1cc(CP(c2cccnc2)c2cccnc2)c(C23CC4CC(CC(C4)C2CP)C3)cc1C(C)(C)C. The summed E-state index contributed by atoms with van der Waals surface area (Å²) in [7, 11) is 2.57. The topological polar surface area (TPSA) is 25.8 Å². The van der Waals surface area contributed by atoms with Gasteiger partial charge in [0.25, 0.3) is 0 Å². The van der Waals surface area contributed by atoms with Gasteiger partial charge in [-0.15, -0.1) is 9.24 Å². The van der Waals surface area contributed by atoms with E-state index in [9.17, 15) is 0 Å². The van der Waals surface area contributed by atoms with Crippen LogP contribution in [0.25, 0.3) is 0 Å². The van der Waals surface area contributed by atoms with Crippen molar-refractivity contribution in [3.8, 4) is 0 Å². The Morgan fingerprint density at radius 2 is 1.38 bits per heavy atom. The second kappa shape index (κ2) is 10.6. The quantitative estimate of drug-likeness (QED) is 0.279. The van der Waals surface area contributed by atoms with E-state index in [-0.39, 0.29) is 10.8 Å². The van der Waals surface area contributed by atoms with Crippen LogP contribution in [0.15, 0.2) is 61.2 Å². The predicted molar refractivity (Wildman–Crippen MR) is 176 cm³/mol. The molecule has 0 N–H and O–H groups in total. The minimum absolute atomic E-state index is 0.0860. The van der Waals surface area contributed by atoms with Crippen LogP contribution in [0.5, 0.6) is 0 Å². The molecule has 2 nitrogen and oxygen atoms in total. The molecule has 212 valence electrons. The van der Waals surface area contributed by atoms with Gasteiger partial charge in [-0.2, -0.15) is 0 Å². The van der Waals surface area contributed by atoms with E-state index in [1.165, 1.54) is 54.4 Å². The Morgan fingerprint density at radius 3 is 1.85 bits per heavy atom. The van der Waals surface area contributed by atoms with E-state index in [2.05, 4.69) is 110 Å². The van der Waals surface area contributed by atoms with Gasteiger partial charge < -0.3 is 0 Å². The fourth-order valence-corrected chi connectivity index (χ4v) is 12.0. The van der Waals surface area contributed by atoms with Crippen LogP contribution in [0.3, 0.4) is 0 Å². The molecule has 4 unspecified atom stereocenters. The fraction of sp³-hybridized carbons (Fsp3) is 0.556. The maximum absolute atomic E-state index is 4.57. The standard InChI is InChI=1S/C36H48N2P2/c1-34(2,3)31-16-27(23-40(28-9-7-11-37-20-28)29-10-8-12-38-21-29)30(17-32(31)35(4,5)6)36-18-24-13-25(19-36)15-26(14-24)33(36)22-39/h7-12,16-17,20-21,24-26,33H,13-15,18-19,22-23,39H2,1-6H3. The van der Waals surface area contributed by atoms with Crippen molar-refractivity contribution in [3.63, 3.8) is 0 Å². The van der Waals surface area contributed by atoms with Gasteiger partial charge in [-0.05, 0) is 131 Å². The lowest BCUT2D eigenvalue weighted by Gasteiger charge is -2.62. The van der Waals surface area contributed by atoms with E-state index in [4.69, 9.17) is 0 Å². The first-order valence-corrected chi connectivity index (χ1v) is 17.8. The average molecular weight is 571 g/mol. The molecule has 0 aliphatic heterocycles. The molecule has 0 spiro atoms. The Bertz CT molecular complexity index is 1290. The highest BCUT2D eigenvalue weighted by molar-refractivity contribution is 7.72. The summed E-state index contributed by atoms with van der Waals surface area (Å²) in [5.41, 5.74) is 6.89. The third-order valence-electron chi connectivity index (χ3n) is 10.4. The van der Waals surface area contributed by atoms with Crippen LogP contribution in [0.1, 0.15) is 95.9 Å². The van der Waals surface area contributed by atoms with Gasteiger partial charge in [0.05, 0.1) is 0 Å². The molecule has 0 radical (unpaired) electrons. The maximum Gasteiger partial charge on any atom is 0.0348 e. The van der Waals surface area contributed by atoms with E-state index in [0.717, 1.165) is 29.8 Å². The smallest absolute Gasteiger partial charge is 0.0348 e. The average Bonchev–Trinajstić information content (AvgIpc) is 2.91. The molecule has 4 aliphatic rings. The Kier molecular flexibility index (Phi) is 7.54. The largest absolute Gasteiger partial charge is 0.264 e. The van der Waals surface area contributed by atoms with Gasteiger partial charge in [-0.1, -0.05) is 65.8 Å². The van der Waals surface area contributed by atoms with Crippen molar-refractivity contribution in [2.75, 3.05) is 6.16 Å². The van der Waals surface area contributed by atoms with Crippen LogP contribution < -0.4 is 10.6 Å². The second-order valence-electron chi connectivity index (χ2n) is 15.2. The summed E-state index contributed by atoms with van der Waals surface area (Å²) in [6.07, 6.45) is 17.5. The molecule has 4 saturated carbocycles. The Hall–Kier alpha value is -1.62. The van der Waals surface area contributed by atoms with Crippen molar-refractivity contribution >= 4 is 27.8 Å². The molecular weight excluding hydrogens is 522 g/mol. The molecule has 0 amide bonds. The van der Waals surface area contributed by atoms with E-state index in [1.54, 1.807) is 16.7 Å². The summed E-state index contributed by atoms with van der Waals surface area (Å²) >= 11 is 0. The van der Waals surface area contributed by atoms with Gasteiger partial charge in [0.2, 0.25) is 0 Å². The third kappa shape index (κ3) is 5.11. The molecule has 4 aliphatic carbocycles. The molecule has 1 aromatic carbocycles. The molecule has 4 heteroatoms. The lowest BCUT2D eigenvalue weighted by Crippen LogP contribution is -2.56. The predicted octanol–water partition coefficient (Wildman–Crippen LogP) is 8.27. The zero-order valence-corrected chi connectivity index (χ0v) is 27.5. The minimum Gasteiger partial charge on any atom is -0.264 e. The molecule has 4 atom stereocenters. The van der Waals surface area contributed by atoms with E-state index in [0.29, 0.717) is 5.41 Å². The van der Waals surface area contributed by atoms with Crippen LogP contribution in [-0.2, 0) is 22.4 Å². The van der Waals surface area contributed by atoms with Crippen molar-refractivity contribution in [2.24, 2.45) is 23.7 Å². The zero-order chi connectivity index (χ0) is 28.3. The number of pyridine rings is 2. The van der Waals surface area contributed by atoms with Crippen LogP contribution in [0.2, 0.25) is 0 Å². The first kappa shape index (κ1) is 28.5. The van der Waals surface area contributed by atoms with Gasteiger partial charge in [0.15, 0.2) is 0 Å². The summed E-state index contributed by atoms with van der Waals surface area (Å²) in [4.78, 5) is 9.14. The van der Waals surface area contributed by atoms with Crippen LogP contribution in [0.4, 0.5) is 0 Å². The van der Waals surface area contributed by atoms with Crippen molar-refractivity contribution in [2.45, 2.75) is 96.1 Å². The lowest BCUT2D eigenvalue weighted by atomic mass is 9.43. The van der Waals surface area contributed by atoms with Crippen molar-refractivity contribution < 1.29 is 0 Å². The minimum atomic E-state index is -0.619. The zero-order valence-electron chi connectivity index (χ0n) is 25.5. The van der Waals surface area contributed by atoms with Crippen molar-refractivity contribution in [3.05, 3.63) is 83.4 Å². The monoisotopic (exact) mass is 570 g/mol. The van der Waals surface area contributed by atoms with Gasteiger partial charge >= 0.3 is 0 Å². The lowest BCUT2D eigenvalue weighted by molar-refractivity contribution is -0.0521. The Morgan fingerprint density at radius 1 is 0.825 bits per heavy atom. The number of hydrogen-bond donors (Lipinski definition) is 0. The van der Waals surface area contributed by atoms with Crippen LogP contribution in [0, 0.1) is 23.7 Å². The first-order chi connectivity index (χ1) is 19.0. The molecule has 0 saturated heterocycles. The molecule has 2 aromatic heterocycles. The molecule has 40 heavy (non-hydrogen) atoms. The highest BCUT2D eigenvalue weighted by atomic mass is 31.1. The maximum atomic E-state index is 4.57. The fourth-order valence-electron chi connectivity index (χ4n) is 8.99. The van der Waals surface area contributed by atoms with Crippen LogP contribution in [-0.4, -0.2) is 16.1 Å². The number of rotatable bonds is 6. The van der Waals surface area contributed by atoms with E-state index < -0.39 is 7.92 Å². The highest BCUT2D eigenvalue weighted by Gasteiger charge is 2.57. The molecule has 2 heterocycles. The molecular formula is C36H48N2P2. The van der Waals surface area contributed by atoms with Gasteiger partial charge in [-0.3, -0.25) is 9.97 Å². The summed E-state index contributed by atoms with van der Waals surface area (Å²) in [6.45, 7) is 14.5. The summed E-state index contributed by atoms with van der Waals surface area (Å²) in [5, 5.41) is 2.70. The Balaban J connectivity index is 1.58. The summed E-state index contributed by atoms with van der Waals surface area (Å²) in [6, 6.07) is 14.2. The van der Waals surface area contributed by atoms with Gasteiger partial charge in [-0.25, -0.2) is 0 Å². The summed E-state index contributed by atoms with van der Waals surface area (Å²) in [5.74, 6) is 3.50. The molecule has 7 rings (SSSR count). The summed E-state index contributed by atoms with van der Waals surface area (Å²) < 4.78 is 0. The Labute approximate surface area is 246 Å². The third-order valence-corrected chi connectivity index (χ3v) is 13.4. The number of aromatic nitrogens is 2. The highest BCUT2D eigenvalue weighted by Crippen LogP contribution is 2.65. The molecule has 3 aromatic rings. The normalized spacial score (nSPS) is 27.9. The van der Waals surface area contributed by atoms with Crippen LogP contribution >= 0.6 is 17.2 Å². The first-order valence-electron chi connectivity index (χ1n) is 15.5. The second-order valence-corrected chi connectivity index (χ2v) is 17.8. The molecule has 4 bridgehead atoms. The number of hydrogen-bond acceptors (Lipinski definition) is 2. The van der Waals surface area contributed by atoms with E-state index in [1.807, 2.05) is 12.4 Å².